The van der Waals surface area contributed by atoms with Gasteiger partial charge in [-0.3, -0.25) is 9.78 Å². The Bertz CT molecular complexity index is 1100. The normalized spacial score (nSPS) is 17.9. The van der Waals surface area contributed by atoms with E-state index in [0.717, 1.165) is 53.4 Å². The number of hydrogen-bond donors (Lipinski definition) is 2. The Morgan fingerprint density at radius 1 is 1.32 bits per heavy atom. The molecule has 1 amide bonds. The second-order valence-corrected chi connectivity index (χ2v) is 7.39. The lowest BCUT2D eigenvalue weighted by Crippen LogP contribution is -2.26. The summed E-state index contributed by atoms with van der Waals surface area (Å²) in [5.74, 6) is 1.29. The molecule has 3 aromatic rings. The van der Waals surface area contributed by atoms with E-state index in [2.05, 4.69) is 27.0 Å². The molecular formula is C22H25N5O4. The Balaban J connectivity index is 0.000000858. The molecule has 4 rings (SSSR count). The molecule has 162 valence electrons. The van der Waals surface area contributed by atoms with Crippen LogP contribution >= 0.6 is 0 Å². The third kappa shape index (κ3) is 4.91. The molecule has 1 aromatic carbocycles. The van der Waals surface area contributed by atoms with Gasteiger partial charge in [0.1, 0.15) is 11.3 Å². The zero-order chi connectivity index (χ0) is 22.2. The van der Waals surface area contributed by atoms with E-state index in [1.54, 1.807) is 6.20 Å². The first-order valence-corrected chi connectivity index (χ1v) is 10.1. The van der Waals surface area contributed by atoms with Crippen molar-refractivity contribution in [2.45, 2.75) is 44.7 Å². The van der Waals surface area contributed by atoms with Crippen LogP contribution in [-0.4, -0.2) is 39.3 Å². The molecule has 31 heavy (non-hydrogen) atoms. The fourth-order valence-electron chi connectivity index (χ4n) is 4.25. The van der Waals surface area contributed by atoms with Crippen molar-refractivity contribution in [1.82, 2.24) is 19.9 Å². The molecule has 9 nitrogen and oxygen atoms in total. The molecule has 1 aliphatic rings. The molecule has 0 bridgehead atoms. The molecule has 0 saturated heterocycles. The lowest BCUT2D eigenvalue weighted by Gasteiger charge is -2.30. The molecule has 1 aliphatic carbocycles. The van der Waals surface area contributed by atoms with E-state index in [1.165, 1.54) is 7.11 Å². The molecule has 2 heterocycles. The minimum atomic E-state index is -0.473. The zero-order valence-electron chi connectivity index (χ0n) is 17.3. The molecule has 0 radical (unpaired) electrons. The summed E-state index contributed by atoms with van der Waals surface area (Å²) in [6.07, 6.45) is 6.02. The Morgan fingerprint density at radius 3 is 2.71 bits per heavy atom. The SMILES string of the molecule is COC(=O)NCc1nc2cnc3ccccc3c2n1C1CCC(CC#N)CC1.O=CO. The number of imidazole rings is 1. The number of para-hydroxylation sites is 1. The highest BCUT2D eigenvalue weighted by Gasteiger charge is 2.26. The predicted octanol–water partition coefficient (Wildman–Crippen LogP) is 3.79. The Labute approximate surface area is 179 Å². The molecule has 1 saturated carbocycles. The van der Waals surface area contributed by atoms with Crippen molar-refractivity contribution in [2.24, 2.45) is 5.92 Å². The Morgan fingerprint density at radius 2 is 2.03 bits per heavy atom. The first-order chi connectivity index (χ1) is 15.1. The maximum atomic E-state index is 11.6. The van der Waals surface area contributed by atoms with Crippen LogP contribution in [-0.2, 0) is 16.1 Å². The monoisotopic (exact) mass is 423 g/mol. The van der Waals surface area contributed by atoms with Gasteiger partial charge in [-0.1, -0.05) is 18.2 Å². The van der Waals surface area contributed by atoms with Crippen molar-refractivity contribution in [3.63, 3.8) is 0 Å². The number of methoxy groups -OCH3 is 1. The number of nitrogens with zero attached hydrogens (tertiary/aromatic N) is 4. The highest BCUT2D eigenvalue weighted by molar-refractivity contribution is 6.02. The number of nitriles is 1. The number of amides is 1. The van der Waals surface area contributed by atoms with E-state index in [4.69, 9.17) is 24.9 Å². The summed E-state index contributed by atoms with van der Waals surface area (Å²) in [6, 6.07) is 10.7. The molecule has 9 heteroatoms. The number of alkyl carbamates (subject to hydrolysis) is 1. The van der Waals surface area contributed by atoms with E-state index < -0.39 is 6.09 Å². The highest BCUT2D eigenvalue weighted by atomic mass is 16.5. The standard InChI is InChI=1S/C21H23N5O2.CH2O2/c1-28-21(27)24-13-19-25-18-12-23-17-5-3-2-4-16(17)20(18)26(19)15-8-6-14(7-9-15)10-11-22;2-1-3/h2-5,12,14-15H,6-10,13H2,1H3,(H,24,27);1H,(H,2,3). The molecule has 0 spiro atoms. The van der Waals surface area contributed by atoms with Crippen LogP contribution in [0, 0.1) is 17.2 Å². The molecule has 0 atom stereocenters. The van der Waals surface area contributed by atoms with Crippen LogP contribution < -0.4 is 5.32 Å². The molecule has 2 N–H and O–H groups in total. The van der Waals surface area contributed by atoms with Gasteiger partial charge in [-0.25, -0.2) is 9.78 Å². The number of carboxylic acid groups (broad SMARTS) is 1. The van der Waals surface area contributed by atoms with Gasteiger partial charge in [0.15, 0.2) is 0 Å². The third-order valence-corrected chi connectivity index (χ3v) is 5.63. The quantitative estimate of drug-likeness (QED) is 0.611. The van der Waals surface area contributed by atoms with Gasteiger partial charge in [-0.2, -0.15) is 5.26 Å². The van der Waals surface area contributed by atoms with Gasteiger partial charge in [0.05, 0.1) is 37.0 Å². The first kappa shape index (κ1) is 22.0. The number of aromatic nitrogens is 3. The lowest BCUT2D eigenvalue weighted by molar-refractivity contribution is -0.122. The maximum Gasteiger partial charge on any atom is 0.407 e. The number of rotatable bonds is 4. The van der Waals surface area contributed by atoms with Gasteiger partial charge in [0.25, 0.3) is 6.47 Å². The van der Waals surface area contributed by atoms with Gasteiger partial charge in [-0.05, 0) is 37.7 Å². The summed E-state index contributed by atoms with van der Waals surface area (Å²) in [5.41, 5.74) is 2.83. The van der Waals surface area contributed by atoms with E-state index in [-0.39, 0.29) is 6.47 Å². The number of carbonyl (C=O) groups excluding carboxylic acids is 1. The van der Waals surface area contributed by atoms with Crippen molar-refractivity contribution in [3.05, 3.63) is 36.3 Å². The van der Waals surface area contributed by atoms with Gasteiger partial charge in [0, 0.05) is 17.8 Å². The average Bonchev–Trinajstić information content (AvgIpc) is 3.17. The number of pyridine rings is 1. The highest BCUT2D eigenvalue weighted by Crippen LogP contribution is 2.37. The summed E-state index contributed by atoms with van der Waals surface area (Å²) in [4.78, 5) is 29.3. The minimum absolute atomic E-state index is 0.250. The minimum Gasteiger partial charge on any atom is -0.483 e. The molecule has 2 aromatic heterocycles. The van der Waals surface area contributed by atoms with Crippen molar-refractivity contribution in [2.75, 3.05) is 7.11 Å². The summed E-state index contributed by atoms with van der Waals surface area (Å²) in [5, 5.41) is 19.7. The summed E-state index contributed by atoms with van der Waals surface area (Å²) in [7, 11) is 1.35. The number of hydrogen-bond acceptors (Lipinski definition) is 6. The van der Waals surface area contributed by atoms with Crippen LogP contribution in [0.4, 0.5) is 4.79 Å². The summed E-state index contributed by atoms with van der Waals surface area (Å²) >= 11 is 0. The molecule has 1 fully saturated rings. The van der Waals surface area contributed by atoms with Gasteiger partial charge >= 0.3 is 6.09 Å². The number of nitrogens with one attached hydrogen (secondary N) is 1. The second kappa shape index (κ2) is 10.4. The fraction of sp³-hybridized carbons (Fsp3) is 0.409. The fourth-order valence-corrected chi connectivity index (χ4v) is 4.25. The summed E-state index contributed by atoms with van der Waals surface area (Å²) in [6.45, 7) is 0.0494. The topological polar surface area (TPSA) is 130 Å². The molecular weight excluding hydrogens is 398 g/mol. The molecule has 0 unspecified atom stereocenters. The number of carbonyl (C=O) groups is 2. The van der Waals surface area contributed by atoms with E-state index >= 15 is 0 Å². The number of ether oxygens (including phenoxy) is 1. The lowest BCUT2D eigenvalue weighted by atomic mass is 9.84. The van der Waals surface area contributed by atoms with Gasteiger partial charge < -0.3 is 19.7 Å². The van der Waals surface area contributed by atoms with Crippen molar-refractivity contribution in [1.29, 1.82) is 5.26 Å². The van der Waals surface area contributed by atoms with E-state index in [9.17, 15) is 4.79 Å². The van der Waals surface area contributed by atoms with Crippen LogP contribution in [0.5, 0.6) is 0 Å². The first-order valence-electron chi connectivity index (χ1n) is 10.1. The largest absolute Gasteiger partial charge is 0.483 e. The van der Waals surface area contributed by atoms with Crippen molar-refractivity contribution < 1.29 is 19.4 Å². The van der Waals surface area contributed by atoms with Crippen LogP contribution in [0.2, 0.25) is 0 Å². The number of fused-ring (bicyclic) bond motifs is 3. The van der Waals surface area contributed by atoms with Crippen LogP contribution in [0.1, 0.15) is 44.0 Å². The zero-order valence-corrected chi connectivity index (χ0v) is 17.3. The summed E-state index contributed by atoms with van der Waals surface area (Å²) < 4.78 is 6.99. The third-order valence-electron chi connectivity index (χ3n) is 5.63. The Kier molecular flexibility index (Phi) is 7.38. The predicted molar refractivity (Wildman–Crippen MR) is 114 cm³/mol. The number of benzene rings is 1. The molecule has 0 aliphatic heterocycles. The smallest absolute Gasteiger partial charge is 0.407 e. The Hall–Kier alpha value is -3.67. The van der Waals surface area contributed by atoms with Crippen LogP contribution in [0.25, 0.3) is 21.9 Å². The van der Waals surface area contributed by atoms with Crippen molar-refractivity contribution >= 4 is 34.5 Å². The van der Waals surface area contributed by atoms with Crippen molar-refractivity contribution in [3.8, 4) is 6.07 Å². The maximum absolute atomic E-state index is 11.6. The second-order valence-electron chi connectivity index (χ2n) is 7.39. The van der Waals surface area contributed by atoms with Gasteiger partial charge in [0.2, 0.25) is 0 Å². The van der Waals surface area contributed by atoms with E-state index in [1.807, 2.05) is 18.2 Å². The van der Waals surface area contributed by atoms with Crippen LogP contribution in [0.3, 0.4) is 0 Å². The van der Waals surface area contributed by atoms with E-state index in [0.29, 0.717) is 24.9 Å². The van der Waals surface area contributed by atoms with Gasteiger partial charge in [-0.15, -0.1) is 0 Å². The van der Waals surface area contributed by atoms with Crippen LogP contribution in [0.15, 0.2) is 30.5 Å². The average molecular weight is 423 g/mol.